The molecule has 7 nitrogen and oxygen atoms in total. The molecule has 2 heterocycles. The second-order valence-corrected chi connectivity index (χ2v) is 8.56. The molecule has 0 saturated carbocycles. The Bertz CT molecular complexity index is 1110. The molecule has 201 valence electrons. The van der Waals surface area contributed by atoms with E-state index >= 15 is 0 Å². The van der Waals surface area contributed by atoms with Crippen LogP contribution in [0.2, 0.25) is 0 Å². The van der Waals surface area contributed by atoms with Gasteiger partial charge < -0.3 is 14.7 Å². The third-order valence-electron chi connectivity index (χ3n) is 6.00. The lowest BCUT2D eigenvalue weighted by molar-refractivity contribution is -0.454. The van der Waals surface area contributed by atoms with Crippen LogP contribution < -0.4 is 10.9 Å². The van der Waals surface area contributed by atoms with Gasteiger partial charge in [0.1, 0.15) is 12.4 Å². The molecule has 37 heavy (non-hydrogen) atoms. The summed E-state index contributed by atoms with van der Waals surface area (Å²) in [4.78, 5) is 1.77. The van der Waals surface area contributed by atoms with Gasteiger partial charge in [-0.05, 0) is 48.4 Å². The molecule has 1 saturated heterocycles. The number of amidine groups is 1. The van der Waals surface area contributed by atoms with E-state index in [0.29, 0.717) is 29.0 Å². The van der Waals surface area contributed by atoms with E-state index in [-0.39, 0.29) is 37.3 Å². The maximum atomic E-state index is 13.6. The van der Waals surface area contributed by atoms with Crippen molar-refractivity contribution in [2.24, 2.45) is 0 Å². The number of rotatable bonds is 6. The van der Waals surface area contributed by atoms with Gasteiger partial charge in [-0.2, -0.15) is 31.8 Å². The van der Waals surface area contributed by atoms with Gasteiger partial charge in [0, 0.05) is 12.0 Å². The Kier molecular flexibility index (Phi) is 7.65. The number of alkyl halides is 6. The molecular formula is C23H22F7N4O3. The van der Waals surface area contributed by atoms with E-state index in [1.165, 1.54) is 31.2 Å². The SMILES string of the molecule is CC(OC1OCCN(CC2=[N+]([O-])C[N]N2)C1c1ccc(F)cc1)c1cc(C(F)(F)F)cc(C(F)(F)F)c1. The standard InChI is InChI=1S/C23H22F7N4O3/c1-13(15-8-16(22(25,26)27)10-17(9-15)23(28,29)30)37-21-20(14-2-4-18(24)5-3-14)33(6-7-36-21)11-19-32-31-12-34(19)35/h2-5,8-10,13,20-21,32H,6-7,11-12H2,1H3. The molecule has 2 aliphatic heterocycles. The topological polar surface area (TPSA) is 73.9 Å². The smallest absolute Gasteiger partial charge is 0.416 e. The lowest BCUT2D eigenvalue weighted by Gasteiger charge is -2.41. The van der Waals surface area contributed by atoms with Gasteiger partial charge in [-0.1, -0.05) is 12.1 Å². The predicted octanol–water partition coefficient (Wildman–Crippen LogP) is 4.33. The third kappa shape index (κ3) is 6.32. The number of halogens is 7. The molecular weight excluding hydrogens is 513 g/mol. The fourth-order valence-corrected chi connectivity index (χ4v) is 4.14. The van der Waals surface area contributed by atoms with Gasteiger partial charge in [0.2, 0.25) is 0 Å². The molecule has 1 N–H and O–H groups in total. The Hall–Kier alpha value is -2.94. The number of benzene rings is 2. The zero-order chi connectivity index (χ0) is 27.0. The van der Waals surface area contributed by atoms with Gasteiger partial charge in [-0.3, -0.25) is 9.64 Å². The monoisotopic (exact) mass is 535 g/mol. The number of morpholine rings is 1. The van der Waals surface area contributed by atoms with Crippen LogP contribution in [0.4, 0.5) is 30.7 Å². The summed E-state index contributed by atoms with van der Waals surface area (Å²) in [5.41, 5.74) is 3.64. The van der Waals surface area contributed by atoms with Crippen LogP contribution >= 0.6 is 0 Å². The van der Waals surface area contributed by atoms with Crippen LogP contribution in [0.3, 0.4) is 0 Å². The zero-order valence-corrected chi connectivity index (χ0v) is 19.3. The summed E-state index contributed by atoms with van der Waals surface area (Å²) in [7, 11) is 0. The minimum Gasteiger partial charge on any atom is -0.714 e. The highest BCUT2D eigenvalue weighted by molar-refractivity contribution is 5.79. The van der Waals surface area contributed by atoms with Crippen LogP contribution in [0.15, 0.2) is 42.5 Å². The minimum atomic E-state index is -5.01. The second kappa shape index (κ2) is 10.4. The highest BCUT2D eigenvalue weighted by Crippen LogP contribution is 2.39. The van der Waals surface area contributed by atoms with Crippen molar-refractivity contribution in [3.8, 4) is 0 Å². The maximum Gasteiger partial charge on any atom is 0.416 e. The molecule has 3 unspecified atom stereocenters. The van der Waals surface area contributed by atoms with Crippen molar-refractivity contribution in [3.63, 3.8) is 0 Å². The Morgan fingerprint density at radius 2 is 1.73 bits per heavy atom. The largest absolute Gasteiger partial charge is 0.714 e. The molecule has 1 radical (unpaired) electrons. The van der Waals surface area contributed by atoms with Crippen molar-refractivity contribution >= 4 is 5.84 Å². The molecule has 3 atom stereocenters. The first kappa shape index (κ1) is 27.1. The molecule has 4 rings (SSSR count). The molecule has 0 amide bonds. The highest BCUT2D eigenvalue weighted by atomic mass is 19.4. The van der Waals surface area contributed by atoms with E-state index in [4.69, 9.17) is 9.47 Å². The van der Waals surface area contributed by atoms with Crippen LogP contribution in [-0.2, 0) is 21.8 Å². The average Bonchev–Trinajstić information content (AvgIpc) is 3.23. The summed E-state index contributed by atoms with van der Waals surface area (Å²) in [5.74, 6) is -0.286. The van der Waals surface area contributed by atoms with Crippen molar-refractivity contribution in [3.05, 3.63) is 75.7 Å². The van der Waals surface area contributed by atoms with Crippen molar-refractivity contribution in [1.29, 1.82) is 0 Å². The normalized spacial score (nSPS) is 22.3. The van der Waals surface area contributed by atoms with Crippen LogP contribution in [0.1, 0.15) is 41.3 Å². The fourth-order valence-electron chi connectivity index (χ4n) is 4.14. The van der Waals surface area contributed by atoms with E-state index in [9.17, 15) is 35.9 Å². The lowest BCUT2D eigenvalue weighted by Crippen LogP contribution is -2.50. The molecule has 1 fully saturated rings. The molecule has 0 spiro atoms. The number of hydrogen-bond acceptors (Lipinski definition) is 5. The Labute approximate surface area is 207 Å². The Morgan fingerprint density at radius 3 is 2.27 bits per heavy atom. The third-order valence-corrected chi connectivity index (χ3v) is 6.00. The van der Waals surface area contributed by atoms with E-state index < -0.39 is 47.7 Å². The van der Waals surface area contributed by atoms with E-state index in [2.05, 4.69) is 10.9 Å². The maximum absolute atomic E-state index is 13.6. The molecule has 14 heteroatoms. The van der Waals surface area contributed by atoms with Crippen LogP contribution in [0, 0.1) is 11.0 Å². The van der Waals surface area contributed by atoms with Gasteiger partial charge in [-0.25, -0.2) is 4.39 Å². The van der Waals surface area contributed by atoms with Crippen molar-refractivity contribution in [2.75, 3.05) is 26.4 Å². The summed E-state index contributed by atoms with van der Waals surface area (Å²) in [6.45, 7) is 1.65. The number of hydroxylamine groups is 1. The van der Waals surface area contributed by atoms with Gasteiger partial charge in [0.25, 0.3) is 5.84 Å². The summed E-state index contributed by atoms with van der Waals surface area (Å²) < 4.78 is 106. The average molecular weight is 535 g/mol. The van der Waals surface area contributed by atoms with Crippen LogP contribution in [0.25, 0.3) is 0 Å². The second-order valence-electron chi connectivity index (χ2n) is 8.56. The fraction of sp³-hybridized carbons (Fsp3) is 0.435. The summed E-state index contributed by atoms with van der Waals surface area (Å²) in [6, 6.07) is 5.78. The predicted molar refractivity (Wildman–Crippen MR) is 115 cm³/mol. The van der Waals surface area contributed by atoms with Gasteiger partial charge in [0.15, 0.2) is 13.0 Å². The van der Waals surface area contributed by atoms with Crippen LogP contribution in [0.5, 0.6) is 0 Å². The zero-order valence-electron chi connectivity index (χ0n) is 19.3. The number of nitrogens with zero attached hydrogens (tertiary/aromatic N) is 3. The summed E-state index contributed by atoms with van der Waals surface area (Å²) in [6.07, 6.45) is -12.4. The van der Waals surface area contributed by atoms with E-state index in [0.717, 1.165) is 0 Å². The first-order valence-electron chi connectivity index (χ1n) is 11.1. The number of ether oxygens (including phenoxy) is 2. The van der Waals surface area contributed by atoms with Crippen LogP contribution in [-0.4, -0.2) is 48.1 Å². The first-order valence-corrected chi connectivity index (χ1v) is 11.1. The molecule has 2 aromatic carbocycles. The first-order chi connectivity index (χ1) is 17.3. The van der Waals surface area contributed by atoms with E-state index in [1.807, 2.05) is 0 Å². The lowest BCUT2D eigenvalue weighted by atomic mass is 10.0. The Morgan fingerprint density at radius 1 is 1.11 bits per heavy atom. The number of nitrogens with one attached hydrogen (secondary N) is 1. The molecule has 0 aliphatic carbocycles. The van der Waals surface area contributed by atoms with Crippen molar-refractivity contribution < 1.29 is 44.9 Å². The number of hydrogen-bond donors (Lipinski definition) is 1. The minimum absolute atomic E-state index is 0.0436. The van der Waals surface area contributed by atoms with Crippen molar-refractivity contribution in [1.82, 2.24) is 15.8 Å². The quantitative estimate of drug-likeness (QED) is 0.339. The highest BCUT2D eigenvalue weighted by Gasteiger charge is 2.40. The van der Waals surface area contributed by atoms with E-state index in [1.54, 1.807) is 4.90 Å². The van der Waals surface area contributed by atoms with Gasteiger partial charge in [-0.15, -0.1) is 0 Å². The summed E-state index contributed by atoms with van der Waals surface area (Å²) in [5, 5.41) is 12.0. The molecule has 0 bridgehead atoms. The molecule has 2 aliphatic rings. The van der Waals surface area contributed by atoms with Gasteiger partial charge >= 0.3 is 12.4 Å². The Balaban J connectivity index is 1.65. The van der Waals surface area contributed by atoms with Crippen molar-refractivity contribution in [2.45, 2.75) is 37.7 Å². The summed E-state index contributed by atoms with van der Waals surface area (Å²) >= 11 is 0. The molecule has 2 aromatic rings. The van der Waals surface area contributed by atoms with Gasteiger partial charge in [0.05, 0.1) is 29.9 Å². The molecule has 0 aromatic heterocycles.